The van der Waals surface area contributed by atoms with Crippen LogP contribution in [0.5, 0.6) is 5.75 Å². The van der Waals surface area contributed by atoms with E-state index in [1.807, 2.05) is 55.1 Å². The van der Waals surface area contributed by atoms with Crippen molar-refractivity contribution in [2.24, 2.45) is 7.05 Å². The Hall–Kier alpha value is -2.94. The Bertz CT molecular complexity index is 1030. The van der Waals surface area contributed by atoms with Gasteiger partial charge in [-0.15, -0.1) is 0 Å². The zero-order valence-corrected chi connectivity index (χ0v) is 19.2. The van der Waals surface area contributed by atoms with Gasteiger partial charge in [0, 0.05) is 51.1 Å². The van der Waals surface area contributed by atoms with Crippen LogP contribution < -0.4 is 10.1 Å². The number of methoxy groups -OCH3 is 2. The summed E-state index contributed by atoms with van der Waals surface area (Å²) in [5, 5.41) is 7.74. The second-order valence-corrected chi connectivity index (χ2v) is 8.04. The minimum Gasteiger partial charge on any atom is -0.496 e. The van der Waals surface area contributed by atoms with Gasteiger partial charge < -0.3 is 19.5 Å². The average Bonchev–Trinajstić information content (AvgIpc) is 3.11. The summed E-state index contributed by atoms with van der Waals surface area (Å²) in [5.74, 6) is 2.43. The highest BCUT2D eigenvalue weighted by Crippen LogP contribution is 2.27. The van der Waals surface area contributed by atoms with Gasteiger partial charge in [-0.2, -0.15) is 5.10 Å². The summed E-state index contributed by atoms with van der Waals surface area (Å²) in [4.78, 5) is 7.17. The van der Waals surface area contributed by atoms with E-state index in [4.69, 9.17) is 19.2 Å². The molecule has 8 heteroatoms. The Morgan fingerprint density at radius 3 is 2.78 bits per heavy atom. The Kier molecular flexibility index (Phi) is 7.04. The van der Waals surface area contributed by atoms with E-state index in [1.54, 1.807) is 14.2 Å². The Balaban J connectivity index is 1.46. The summed E-state index contributed by atoms with van der Waals surface area (Å²) in [5.41, 5.74) is 4.28. The van der Waals surface area contributed by atoms with Crippen LogP contribution in [0.4, 0.5) is 11.6 Å². The van der Waals surface area contributed by atoms with Crippen molar-refractivity contribution in [2.75, 3.05) is 39.2 Å². The standard InChI is InChI=1S/C24H31N5O3/c1-17-12-24(27-28(17)2)26-23-7-5-6-20(25-23)22-15-29(10-11-32-22)14-19-13-18(16-30-3)8-9-21(19)31-4/h5-9,12-13,22H,10-11,14-16H2,1-4H3,(H,25,26,27)/t22-/m1/s1. The highest BCUT2D eigenvalue weighted by molar-refractivity contribution is 5.52. The van der Waals surface area contributed by atoms with E-state index in [9.17, 15) is 0 Å². The summed E-state index contributed by atoms with van der Waals surface area (Å²) in [6.07, 6.45) is -0.0934. The maximum atomic E-state index is 6.08. The van der Waals surface area contributed by atoms with Gasteiger partial charge in [0.2, 0.25) is 0 Å². The van der Waals surface area contributed by atoms with Gasteiger partial charge in [-0.25, -0.2) is 4.98 Å². The van der Waals surface area contributed by atoms with Crippen LogP contribution in [0.15, 0.2) is 42.5 Å². The van der Waals surface area contributed by atoms with Gasteiger partial charge in [0.15, 0.2) is 5.82 Å². The smallest absolute Gasteiger partial charge is 0.153 e. The van der Waals surface area contributed by atoms with E-state index in [0.717, 1.165) is 59.5 Å². The summed E-state index contributed by atoms with van der Waals surface area (Å²) in [6, 6.07) is 14.2. The van der Waals surface area contributed by atoms with Crippen LogP contribution in [0.2, 0.25) is 0 Å². The fraction of sp³-hybridized carbons (Fsp3) is 0.417. The third-order valence-corrected chi connectivity index (χ3v) is 5.67. The number of pyridine rings is 1. The molecule has 4 rings (SSSR count). The molecule has 0 bridgehead atoms. The molecular formula is C24H31N5O3. The lowest BCUT2D eigenvalue weighted by Gasteiger charge is -2.33. The monoisotopic (exact) mass is 437 g/mol. The van der Waals surface area contributed by atoms with E-state index in [2.05, 4.69) is 21.4 Å². The summed E-state index contributed by atoms with van der Waals surface area (Å²) in [6.45, 7) is 5.67. The molecule has 1 aromatic carbocycles. The molecule has 1 aliphatic rings. The molecule has 0 saturated carbocycles. The largest absolute Gasteiger partial charge is 0.496 e. The van der Waals surface area contributed by atoms with Crippen LogP contribution in [0.1, 0.15) is 28.6 Å². The molecule has 0 amide bonds. The lowest BCUT2D eigenvalue weighted by atomic mass is 10.1. The van der Waals surface area contributed by atoms with Crippen LogP contribution >= 0.6 is 0 Å². The number of ether oxygens (including phenoxy) is 3. The van der Waals surface area contributed by atoms with Gasteiger partial charge in [-0.05, 0) is 36.8 Å². The maximum Gasteiger partial charge on any atom is 0.153 e. The topological polar surface area (TPSA) is 73.7 Å². The van der Waals surface area contributed by atoms with E-state index in [0.29, 0.717) is 13.2 Å². The summed E-state index contributed by atoms with van der Waals surface area (Å²) < 4.78 is 18.8. The second-order valence-electron chi connectivity index (χ2n) is 8.04. The molecule has 3 heterocycles. The number of nitrogens with zero attached hydrogens (tertiary/aromatic N) is 4. The zero-order valence-electron chi connectivity index (χ0n) is 19.2. The number of hydrogen-bond acceptors (Lipinski definition) is 7. The highest BCUT2D eigenvalue weighted by atomic mass is 16.5. The van der Waals surface area contributed by atoms with Crippen LogP contribution in [-0.4, -0.2) is 53.6 Å². The number of rotatable bonds is 8. The molecule has 1 N–H and O–H groups in total. The van der Waals surface area contributed by atoms with Gasteiger partial charge in [-0.1, -0.05) is 12.1 Å². The van der Waals surface area contributed by atoms with Crippen molar-refractivity contribution in [1.82, 2.24) is 19.7 Å². The quantitative estimate of drug-likeness (QED) is 0.577. The van der Waals surface area contributed by atoms with Crippen molar-refractivity contribution < 1.29 is 14.2 Å². The zero-order chi connectivity index (χ0) is 22.5. The van der Waals surface area contributed by atoms with Crippen LogP contribution in [0.25, 0.3) is 0 Å². The van der Waals surface area contributed by atoms with Crippen LogP contribution in [0.3, 0.4) is 0 Å². The molecule has 1 aliphatic heterocycles. The van der Waals surface area contributed by atoms with Crippen molar-refractivity contribution in [3.05, 3.63) is 65.0 Å². The molecule has 0 spiro atoms. The molecule has 0 unspecified atom stereocenters. The van der Waals surface area contributed by atoms with E-state index in [1.165, 1.54) is 0 Å². The van der Waals surface area contributed by atoms with Crippen LogP contribution in [-0.2, 0) is 29.7 Å². The molecule has 1 atom stereocenters. The molecule has 1 fully saturated rings. The van der Waals surface area contributed by atoms with Crippen molar-refractivity contribution in [3.63, 3.8) is 0 Å². The normalized spacial score (nSPS) is 16.8. The SMILES string of the molecule is COCc1ccc(OC)c(CN2CCO[C@@H](c3cccc(Nc4cc(C)n(C)n4)n3)C2)c1. The first-order chi connectivity index (χ1) is 15.6. The highest BCUT2D eigenvalue weighted by Gasteiger charge is 2.24. The Morgan fingerprint density at radius 2 is 2.03 bits per heavy atom. The van der Waals surface area contributed by atoms with E-state index < -0.39 is 0 Å². The number of anilines is 2. The Labute approximate surface area is 189 Å². The lowest BCUT2D eigenvalue weighted by molar-refractivity contribution is -0.0351. The molecule has 2 aromatic heterocycles. The number of benzene rings is 1. The molecule has 170 valence electrons. The molecule has 32 heavy (non-hydrogen) atoms. The van der Waals surface area contributed by atoms with Crippen molar-refractivity contribution >= 4 is 11.6 Å². The number of morpholine rings is 1. The predicted molar refractivity (Wildman–Crippen MR) is 123 cm³/mol. The second kappa shape index (κ2) is 10.1. The molecule has 0 aliphatic carbocycles. The van der Waals surface area contributed by atoms with E-state index >= 15 is 0 Å². The average molecular weight is 438 g/mol. The minimum absolute atomic E-state index is 0.0934. The van der Waals surface area contributed by atoms with Gasteiger partial charge in [-0.3, -0.25) is 9.58 Å². The first kappa shape index (κ1) is 22.3. The van der Waals surface area contributed by atoms with Crippen molar-refractivity contribution in [1.29, 1.82) is 0 Å². The van der Waals surface area contributed by atoms with Gasteiger partial charge in [0.25, 0.3) is 0 Å². The van der Waals surface area contributed by atoms with Gasteiger partial charge in [0.1, 0.15) is 17.7 Å². The first-order valence-corrected chi connectivity index (χ1v) is 10.8. The van der Waals surface area contributed by atoms with Gasteiger partial charge >= 0.3 is 0 Å². The minimum atomic E-state index is -0.0934. The molecule has 0 radical (unpaired) electrons. The lowest BCUT2D eigenvalue weighted by Crippen LogP contribution is -2.38. The predicted octanol–water partition coefficient (Wildman–Crippen LogP) is 3.60. The fourth-order valence-corrected chi connectivity index (χ4v) is 3.93. The number of nitrogens with one attached hydrogen (secondary N) is 1. The molecule has 1 saturated heterocycles. The third-order valence-electron chi connectivity index (χ3n) is 5.67. The fourth-order valence-electron chi connectivity index (χ4n) is 3.93. The summed E-state index contributed by atoms with van der Waals surface area (Å²) >= 11 is 0. The van der Waals surface area contributed by atoms with Crippen molar-refractivity contribution in [2.45, 2.75) is 26.2 Å². The number of aryl methyl sites for hydroxylation is 2. The van der Waals surface area contributed by atoms with E-state index in [-0.39, 0.29) is 6.10 Å². The third kappa shape index (κ3) is 5.27. The molecular weight excluding hydrogens is 406 g/mol. The Morgan fingerprint density at radius 1 is 1.16 bits per heavy atom. The maximum absolute atomic E-state index is 6.08. The number of aromatic nitrogens is 3. The molecule has 3 aromatic rings. The number of hydrogen-bond donors (Lipinski definition) is 1. The van der Waals surface area contributed by atoms with Gasteiger partial charge in [0.05, 0.1) is 26.0 Å². The van der Waals surface area contributed by atoms with Crippen molar-refractivity contribution in [3.8, 4) is 5.75 Å². The molecule has 8 nitrogen and oxygen atoms in total. The first-order valence-electron chi connectivity index (χ1n) is 10.8. The summed E-state index contributed by atoms with van der Waals surface area (Å²) in [7, 11) is 5.35. The van der Waals surface area contributed by atoms with Crippen LogP contribution in [0, 0.1) is 6.92 Å².